The van der Waals surface area contributed by atoms with Crippen molar-refractivity contribution < 1.29 is 4.79 Å². The third kappa shape index (κ3) is 3.87. The van der Waals surface area contributed by atoms with Gasteiger partial charge in [0.15, 0.2) is 0 Å². The van der Waals surface area contributed by atoms with Crippen molar-refractivity contribution in [2.45, 2.75) is 12.8 Å². The first kappa shape index (κ1) is 12.7. The van der Waals surface area contributed by atoms with Crippen LogP contribution in [0.1, 0.15) is 12.8 Å². The second kappa shape index (κ2) is 5.71. The van der Waals surface area contributed by atoms with E-state index in [2.05, 4.69) is 10.6 Å². The molecule has 1 atom stereocenters. The third-order valence-corrected chi connectivity index (χ3v) is 3.22. The van der Waals surface area contributed by atoms with Crippen molar-refractivity contribution in [2.75, 3.05) is 18.4 Å². The molecule has 0 aliphatic carbocycles. The van der Waals surface area contributed by atoms with Crippen molar-refractivity contribution >= 4 is 34.8 Å². The maximum atomic E-state index is 11.8. The van der Waals surface area contributed by atoms with Crippen LogP contribution in [0.15, 0.2) is 18.2 Å². The first-order valence-corrected chi connectivity index (χ1v) is 6.36. The van der Waals surface area contributed by atoms with E-state index in [-0.39, 0.29) is 5.91 Å². The molecule has 0 aromatic heterocycles. The molecule has 2 N–H and O–H groups in total. The van der Waals surface area contributed by atoms with Gasteiger partial charge in [-0.05, 0) is 43.6 Å². The van der Waals surface area contributed by atoms with Crippen molar-refractivity contribution in [1.82, 2.24) is 5.32 Å². The van der Waals surface area contributed by atoms with E-state index < -0.39 is 0 Å². The molecule has 5 heteroatoms. The van der Waals surface area contributed by atoms with Gasteiger partial charge in [-0.1, -0.05) is 23.2 Å². The molecule has 92 valence electrons. The molecule has 1 aliphatic rings. The van der Waals surface area contributed by atoms with Gasteiger partial charge in [-0.2, -0.15) is 0 Å². The van der Waals surface area contributed by atoms with E-state index >= 15 is 0 Å². The van der Waals surface area contributed by atoms with Crippen LogP contribution >= 0.6 is 23.2 Å². The lowest BCUT2D eigenvalue weighted by Gasteiger charge is -2.09. The minimum atomic E-state index is 0.0111. The van der Waals surface area contributed by atoms with Gasteiger partial charge >= 0.3 is 0 Å². The molecular weight excluding hydrogens is 259 g/mol. The van der Waals surface area contributed by atoms with Crippen molar-refractivity contribution in [3.05, 3.63) is 28.2 Å². The van der Waals surface area contributed by atoms with Gasteiger partial charge in [-0.25, -0.2) is 0 Å². The van der Waals surface area contributed by atoms with Crippen LogP contribution in [-0.4, -0.2) is 19.0 Å². The fraction of sp³-hybridized carbons (Fsp3) is 0.417. The number of hydrogen-bond donors (Lipinski definition) is 2. The highest BCUT2D eigenvalue weighted by molar-refractivity contribution is 6.35. The predicted molar refractivity (Wildman–Crippen MR) is 70.7 cm³/mol. The van der Waals surface area contributed by atoms with Gasteiger partial charge in [-0.15, -0.1) is 0 Å². The molecule has 17 heavy (non-hydrogen) atoms. The maximum absolute atomic E-state index is 11.8. The zero-order valence-corrected chi connectivity index (χ0v) is 10.8. The van der Waals surface area contributed by atoms with Gasteiger partial charge in [0.05, 0.1) is 0 Å². The molecule has 3 nitrogen and oxygen atoms in total. The average molecular weight is 273 g/mol. The SMILES string of the molecule is O=C(CC1CCNC1)Nc1cc(Cl)cc(Cl)c1. The van der Waals surface area contributed by atoms with Crippen LogP contribution in [0.2, 0.25) is 10.0 Å². The molecule has 1 aromatic rings. The van der Waals surface area contributed by atoms with Crippen LogP contribution in [0.3, 0.4) is 0 Å². The highest BCUT2D eigenvalue weighted by Crippen LogP contribution is 2.23. The minimum absolute atomic E-state index is 0.0111. The lowest BCUT2D eigenvalue weighted by molar-refractivity contribution is -0.116. The zero-order valence-electron chi connectivity index (χ0n) is 9.30. The summed E-state index contributed by atoms with van der Waals surface area (Å²) >= 11 is 11.7. The normalized spacial score (nSPS) is 19.3. The molecular formula is C12H14Cl2N2O. The van der Waals surface area contributed by atoms with Gasteiger partial charge in [0.2, 0.25) is 5.91 Å². The Labute approximate surface area is 110 Å². The van der Waals surface area contributed by atoms with E-state index in [4.69, 9.17) is 23.2 Å². The molecule has 0 spiro atoms. The number of amides is 1. The maximum Gasteiger partial charge on any atom is 0.224 e. The lowest BCUT2D eigenvalue weighted by atomic mass is 10.0. The number of hydrogen-bond acceptors (Lipinski definition) is 2. The first-order valence-electron chi connectivity index (χ1n) is 5.60. The molecule has 1 aliphatic heterocycles. The van der Waals surface area contributed by atoms with Crippen LogP contribution < -0.4 is 10.6 Å². The molecule has 1 fully saturated rings. The van der Waals surface area contributed by atoms with E-state index in [1.54, 1.807) is 18.2 Å². The molecule has 0 bridgehead atoms. The fourth-order valence-corrected chi connectivity index (χ4v) is 2.51. The molecule has 1 heterocycles. The van der Waals surface area contributed by atoms with Crippen LogP contribution in [0.5, 0.6) is 0 Å². The lowest BCUT2D eigenvalue weighted by Crippen LogP contribution is -2.18. The Morgan fingerprint density at radius 2 is 2.06 bits per heavy atom. The Hall–Kier alpha value is -0.770. The monoisotopic (exact) mass is 272 g/mol. The van der Waals surface area contributed by atoms with E-state index in [0.717, 1.165) is 19.5 Å². The Morgan fingerprint density at radius 3 is 2.65 bits per heavy atom. The smallest absolute Gasteiger partial charge is 0.224 e. The summed E-state index contributed by atoms with van der Waals surface area (Å²) < 4.78 is 0. The Balaban J connectivity index is 1.92. The van der Waals surface area contributed by atoms with Crippen LogP contribution in [0.25, 0.3) is 0 Å². The summed E-state index contributed by atoms with van der Waals surface area (Å²) in [7, 11) is 0. The highest BCUT2D eigenvalue weighted by atomic mass is 35.5. The molecule has 1 saturated heterocycles. The van der Waals surface area contributed by atoms with Gasteiger partial charge in [0, 0.05) is 22.2 Å². The number of nitrogens with one attached hydrogen (secondary N) is 2. The number of anilines is 1. The quantitative estimate of drug-likeness (QED) is 0.889. The van der Waals surface area contributed by atoms with Crippen LogP contribution in [0, 0.1) is 5.92 Å². The summed E-state index contributed by atoms with van der Waals surface area (Å²) in [5.41, 5.74) is 0.651. The second-order valence-electron chi connectivity index (χ2n) is 4.27. The largest absolute Gasteiger partial charge is 0.326 e. The summed E-state index contributed by atoms with van der Waals surface area (Å²) in [6.45, 7) is 1.92. The van der Waals surface area contributed by atoms with E-state index in [9.17, 15) is 4.79 Å². The second-order valence-corrected chi connectivity index (χ2v) is 5.14. The molecule has 1 unspecified atom stereocenters. The summed E-state index contributed by atoms with van der Waals surface area (Å²) in [6, 6.07) is 5.02. The Kier molecular flexibility index (Phi) is 4.26. The zero-order chi connectivity index (χ0) is 12.3. The molecule has 2 rings (SSSR count). The topological polar surface area (TPSA) is 41.1 Å². The van der Waals surface area contributed by atoms with Crippen molar-refractivity contribution in [2.24, 2.45) is 5.92 Å². The van der Waals surface area contributed by atoms with Crippen molar-refractivity contribution in [1.29, 1.82) is 0 Å². The predicted octanol–water partition coefficient (Wildman–Crippen LogP) is 2.93. The summed E-state index contributed by atoms with van der Waals surface area (Å²) in [6.07, 6.45) is 1.60. The minimum Gasteiger partial charge on any atom is -0.326 e. The summed E-state index contributed by atoms with van der Waals surface area (Å²) in [4.78, 5) is 11.8. The highest BCUT2D eigenvalue weighted by Gasteiger charge is 2.18. The average Bonchev–Trinajstić information content (AvgIpc) is 2.67. The summed E-state index contributed by atoms with van der Waals surface area (Å²) in [5.74, 6) is 0.446. The number of carbonyl (C=O) groups excluding carboxylic acids is 1. The Bertz CT molecular complexity index is 397. The van der Waals surface area contributed by atoms with Crippen LogP contribution in [-0.2, 0) is 4.79 Å². The van der Waals surface area contributed by atoms with E-state index in [1.807, 2.05) is 0 Å². The third-order valence-electron chi connectivity index (χ3n) is 2.78. The number of rotatable bonds is 3. The van der Waals surface area contributed by atoms with Gasteiger partial charge in [0.1, 0.15) is 0 Å². The molecule has 1 aromatic carbocycles. The van der Waals surface area contributed by atoms with Gasteiger partial charge in [-0.3, -0.25) is 4.79 Å². The van der Waals surface area contributed by atoms with Gasteiger partial charge < -0.3 is 10.6 Å². The Morgan fingerprint density at radius 1 is 1.35 bits per heavy atom. The summed E-state index contributed by atoms with van der Waals surface area (Å²) in [5, 5.41) is 7.10. The van der Waals surface area contributed by atoms with Crippen molar-refractivity contribution in [3.63, 3.8) is 0 Å². The van der Waals surface area contributed by atoms with E-state index in [0.29, 0.717) is 28.1 Å². The first-order chi connectivity index (χ1) is 8.13. The fourth-order valence-electron chi connectivity index (χ4n) is 1.99. The molecule has 1 amide bonds. The number of carbonyl (C=O) groups is 1. The molecule has 0 saturated carbocycles. The van der Waals surface area contributed by atoms with Crippen molar-refractivity contribution in [3.8, 4) is 0 Å². The van der Waals surface area contributed by atoms with E-state index in [1.165, 1.54) is 0 Å². The standard InChI is InChI=1S/C12H14Cl2N2O/c13-9-4-10(14)6-11(5-9)16-12(17)3-8-1-2-15-7-8/h4-6,8,15H,1-3,7H2,(H,16,17). The molecule has 0 radical (unpaired) electrons. The van der Waals surface area contributed by atoms with Gasteiger partial charge in [0.25, 0.3) is 0 Å². The van der Waals surface area contributed by atoms with Crippen LogP contribution in [0.4, 0.5) is 5.69 Å². The number of benzene rings is 1. The number of halogens is 2.